The van der Waals surface area contributed by atoms with E-state index in [1.807, 2.05) is 30.3 Å². The number of anilines is 1. The van der Waals surface area contributed by atoms with Crippen molar-refractivity contribution in [3.05, 3.63) is 58.6 Å². The molecule has 5 heterocycles. The number of hydrogen-bond acceptors (Lipinski definition) is 7. The highest BCUT2D eigenvalue weighted by Gasteiger charge is 2.20. The van der Waals surface area contributed by atoms with Crippen LogP contribution in [0.15, 0.2) is 47.4 Å². The van der Waals surface area contributed by atoms with Crippen LogP contribution in [0, 0.1) is 0 Å². The van der Waals surface area contributed by atoms with Gasteiger partial charge in [0, 0.05) is 43.3 Å². The van der Waals surface area contributed by atoms with Gasteiger partial charge in [-0.05, 0) is 56.3 Å². The molecular weight excluding hydrogens is 408 g/mol. The first-order chi connectivity index (χ1) is 15.7. The molecule has 0 radical (unpaired) electrons. The molecule has 32 heavy (non-hydrogen) atoms. The van der Waals surface area contributed by atoms with Crippen LogP contribution in [0.2, 0.25) is 0 Å². The molecule has 3 aromatic rings. The lowest BCUT2D eigenvalue weighted by Gasteiger charge is -2.32. The summed E-state index contributed by atoms with van der Waals surface area (Å²) in [5.74, 6) is 0.930. The Morgan fingerprint density at radius 3 is 2.84 bits per heavy atom. The number of rotatable bonds is 6. The van der Waals surface area contributed by atoms with Gasteiger partial charge in [-0.2, -0.15) is 0 Å². The smallest absolute Gasteiger partial charge is 0.263 e. The zero-order valence-electron chi connectivity index (χ0n) is 17.8. The number of ether oxygens (including phenoxy) is 1. The van der Waals surface area contributed by atoms with Gasteiger partial charge < -0.3 is 20.3 Å². The van der Waals surface area contributed by atoms with Gasteiger partial charge in [0.2, 0.25) is 0 Å². The predicted molar refractivity (Wildman–Crippen MR) is 121 cm³/mol. The number of carbonyl (C=O) groups excluding carboxylic acids is 1. The molecule has 1 amide bonds. The summed E-state index contributed by atoms with van der Waals surface area (Å²) in [7, 11) is 0. The fourth-order valence-corrected chi connectivity index (χ4v) is 4.29. The Morgan fingerprint density at radius 1 is 1.09 bits per heavy atom. The van der Waals surface area contributed by atoms with Crippen LogP contribution in [-0.4, -0.2) is 57.6 Å². The van der Waals surface area contributed by atoms with E-state index < -0.39 is 0 Å². The lowest BCUT2D eigenvalue weighted by Crippen LogP contribution is -2.43. The molecule has 0 unspecified atom stereocenters. The van der Waals surface area contributed by atoms with E-state index in [1.54, 1.807) is 16.8 Å². The largest absolute Gasteiger partial charge is 0.480 e. The first-order valence-corrected chi connectivity index (χ1v) is 11.0. The van der Waals surface area contributed by atoms with Crippen molar-refractivity contribution in [2.45, 2.75) is 32.0 Å². The van der Waals surface area contributed by atoms with E-state index in [-0.39, 0.29) is 18.1 Å². The van der Waals surface area contributed by atoms with Crippen molar-refractivity contribution in [1.29, 1.82) is 0 Å². The Labute approximate surface area is 185 Å². The summed E-state index contributed by atoms with van der Waals surface area (Å²) < 4.78 is 7.13. The molecule has 0 saturated carbocycles. The molecule has 2 aliphatic rings. The highest BCUT2D eigenvalue weighted by molar-refractivity contribution is 5.94. The third-order valence-electron chi connectivity index (χ3n) is 6.08. The Morgan fingerprint density at radius 2 is 1.97 bits per heavy atom. The fourth-order valence-electron chi connectivity index (χ4n) is 4.29. The van der Waals surface area contributed by atoms with Gasteiger partial charge in [0.25, 0.3) is 11.5 Å². The normalized spacial score (nSPS) is 17.1. The van der Waals surface area contributed by atoms with Crippen LogP contribution in [0.4, 0.5) is 5.82 Å². The minimum atomic E-state index is -0.177. The summed E-state index contributed by atoms with van der Waals surface area (Å²) in [6, 6.07) is 11.5. The monoisotopic (exact) mass is 434 g/mol. The molecule has 0 aromatic carbocycles. The molecule has 3 aromatic heterocycles. The maximum absolute atomic E-state index is 12.3. The van der Waals surface area contributed by atoms with Crippen LogP contribution in [0.3, 0.4) is 0 Å². The number of carbonyl (C=O) groups is 1. The zero-order chi connectivity index (χ0) is 21.9. The van der Waals surface area contributed by atoms with Gasteiger partial charge in [-0.15, -0.1) is 0 Å². The fraction of sp³-hybridized carbons (Fsp3) is 0.391. The Bertz CT molecular complexity index is 1190. The van der Waals surface area contributed by atoms with Crippen molar-refractivity contribution < 1.29 is 9.53 Å². The Hall–Kier alpha value is -3.30. The second kappa shape index (κ2) is 9.05. The van der Waals surface area contributed by atoms with Crippen molar-refractivity contribution in [2.24, 2.45) is 0 Å². The van der Waals surface area contributed by atoms with Crippen LogP contribution >= 0.6 is 0 Å². The van der Waals surface area contributed by atoms with Gasteiger partial charge in [0.1, 0.15) is 5.65 Å². The number of amides is 1. The molecule has 0 aliphatic carbocycles. The van der Waals surface area contributed by atoms with E-state index in [0.29, 0.717) is 30.7 Å². The van der Waals surface area contributed by atoms with Gasteiger partial charge in [0.05, 0.1) is 5.69 Å². The minimum Gasteiger partial charge on any atom is -0.480 e. The first kappa shape index (κ1) is 20.6. The summed E-state index contributed by atoms with van der Waals surface area (Å²) in [5, 5.41) is 7.31. The van der Waals surface area contributed by atoms with Crippen molar-refractivity contribution in [1.82, 2.24) is 24.8 Å². The van der Waals surface area contributed by atoms with Crippen molar-refractivity contribution in [3.8, 4) is 5.75 Å². The second-order valence-electron chi connectivity index (χ2n) is 8.22. The first-order valence-electron chi connectivity index (χ1n) is 11.0. The molecule has 2 aliphatic heterocycles. The Kier molecular flexibility index (Phi) is 5.83. The summed E-state index contributed by atoms with van der Waals surface area (Å²) >= 11 is 0. The highest BCUT2D eigenvalue weighted by Crippen LogP contribution is 2.25. The van der Waals surface area contributed by atoms with E-state index in [4.69, 9.17) is 4.74 Å². The van der Waals surface area contributed by atoms with Crippen LogP contribution in [0.25, 0.3) is 11.0 Å². The van der Waals surface area contributed by atoms with Crippen molar-refractivity contribution >= 4 is 22.8 Å². The molecule has 0 atom stereocenters. The third-order valence-corrected chi connectivity index (χ3v) is 6.08. The van der Waals surface area contributed by atoms with Crippen molar-refractivity contribution in [2.75, 3.05) is 31.6 Å². The summed E-state index contributed by atoms with van der Waals surface area (Å²) in [5.41, 5.74) is 1.61. The molecule has 1 saturated heterocycles. The van der Waals surface area contributed by atoms with E-state index in [1.165, 1.54) is 0 Å². The van der Waals surface area contributed by atoms with E-state index in [9.17, 15) is 9.59 Å². The van der Waals surface area contributed by atoms with Gasteiger partial charge in [-0.1, -0.05) is 0 Å². The van der Waals surface area contributed by atoms with Crippen LogP contribution in [-0.2, 0) is 17.9 Å². The minimum absolute atomic E-state index is 0.00751. The number of pyridine rings is 3. The quantitative estimate of drug-likeness (QED) is 0.604. The number of nitrogens with one attached hydrogen (secondary N) is 2. The summed E-state index contributed by atoms with van der Waals surface area (Å²) in [6.45, 7) is 4.10. The molecule has 0 spiro atoms. The zero-order valence-corrected chi connectivity index (χ0v) is 17.8. The standard InChI is InChI=1S/C23H26N6O3/c30-20-15-32-19-5-4-18(26-22(19)27-20)14-25-17-7-10-28(11-8-17)12-13-29-21(31)6-3-16-2-1-9-24-23(16)29/h1-6,9,17,25H,7-8,10-15H2,(H,26,27,30). The maximum Gasteiger partial charge on any atom is 0.263 e. The number of fused-ring (bicyclic) bond motifs is 2. The van der Waals surface area contributed by atoms with Crippen LogP contribution in [0.5, 0.6) is 5.75 Å². The molecular formula is C23H26N6O3. The van der Waals surface area contributed by atoms with Gasteiger partial charge in [0.15, 0.2) is 18.2 Å². The maximum atomic E-state index is 12.3. The molecule has 166 valence electrons. The Balaban J connectivity index is 1.12. The van der Waals surface area contributed by atoms with Crippen LogP contribution in [0.1, 0.15) is 18.5 Å². The third kappa shape index (κ3) is 4.49. The number of hydrogen-bond donors (Lipinski definition) is 2. The summed E-state index contributed by atoms with van der Waals surface area (Å²) in [4.78, 5) is 35.1. The summed E-state index contributed by atoms with van der Waals surface area (Å²) in [6.07, 6.45) is 3.80. The van der Waals surface area contributed by atoms with Gasteiger partial charge >= 0.3 is 0 Å². The second-order valence-corrected chi connectivity index (χ2v) is 8.22. The number of nitrogens with zero attached hydrogens (tertiary/aromatic N) is 4. The molecule has 1 fully saturated rings. The predicted octanol–water partition coefficient (Wildman–Crippen LogP) is 1.38. The lowest BCUT2D eigenvalue weighted by molar-refractivity contribution is -0.118. The highest BCUT2D eigenvalue weighted by atomic mass is 16.5. The number of likely N-dealkylation sites (tertiary alicyclic amines) is 1. The van der Waals surface area contributed by atoms with E-state index in [0.717, 1.165) is 49.2 Å². The van der Waals surface area contributed by atoms with E-state index in [2.05, 4.69) is 25.5 Å². The average molecular weight is 435 g/mol. The number of piperidine rings is 1. The van der Waals surface area contributed by atoms with Gasteiger partial charge in [-0.25, -0.2) is 9.97 Å². The molecule has 9 nitrogen and oxygen atoms in total. The van der Waals surface area contributed by atoms with Crippen LogP contribution < -0.4 is 20.9 Å². The van der Waals surface area contributed by atoms with Gasteiger partial charge in [-0.3, -0.25) is 14.2 Å². The average Bonchev–Trinajstić information content (AvgIpc) is 2.82. The topological polar surface area (TPSA) is 101 Å². The molecule has 5 rings (SSSR count). The number of aromatic nitrogens is 3. The molecule has 2 N–H and O–H groups in total. The molecule has 9 heteroatoms. The molecule has 0 bridgehead atoms. The SMILES string of the molecule is O=C1COc2ccc(CNC3CCN(CCn4c(=O)ccc5cccnc54)CC3)nc2N1. The lowest BCUT2D eigenvalue weighted by atomic mass is 10.0. The van der Waals surface area contributed by atoms with Crippen molar-refractivity contribution in [3.63, 3.8) is 0 Å². The van der Waals surface area contributed by atoms with E-state index >= 15 is 0 Å².